The van der Waals surface area contributed by atoms with Crippen molar-refractivity contribution in [1.29, 1.82) is 0 Å². The summed E-state index contributed by atoms with van der Waals surface area (Å²) >= 11 is 1.36. The Morgan fingerprint density at radius 3 is 2.65 bits per heavy atom. The maximum atomic E-state index is 12.8. The number of carbonyl (C=O) groups is 2. The van der Waals surface area contributed by atoms with E-state index in [-0.39, 0.29) is 12.5 Å². The number of carbonyl (C=O) groups excluding carboxylic acids is 2. The maximum Gasteiger partial charge on any atom is 0.341 e. The molecule has 31 heavy (non-hydrogen) atoms. The van der Waals surface area contributed by atoms with Gasteiger partial charge in [-0.3, -0.25) is 9.69 Å². The van der Waals surface area contributed by atoms with Gasteiger partial charge in [0, 0.05) is 24.0 Å². The number of benzene rings is 2. The van der Waals surface area contributed by atoms with Crippen LogP contribution in [0.4, 0.5) is 5.00 Å². The first-order chi connectivity index (χ1) is 15.0. The molecule has 1 aromatic heterocycles. The first-order valence-corrected chi connectivity index (χ1v) is 11.2. The van der Waals surface area contributed by atoms with E-state index in [9.17, 15) is 9.59 Å². The summed E-state index contributed by atoms with van der Waals surface area (Å²) in [5.74, 6) is -0.571. The highest BCUT2D eigenvalue weighted by Crippen LogP contribution is 2.38. The molecule has 0 bridgehead atoms. The first-order valence-electron chi connectivity index (χ1n) is 10.3. The second kappa shape index (κ2) is 9.04. The van der Waals surface area contributed by atoms with Crippen LogP contribution in [0.1, 0.15) is 32.6 Å². The third-order valence-electron chi connectivity index (χ3n) is 5.69. The Morgan fingerprint density at radius 1 is 1.10 bits per heavy atom. The third kappa shape index (κ3) is 4.55. The number of methoxy groups -OCH3 is 1. The fraction of sp³-hybridized carbons (Fsp3) is 0.280. The molecule has 0 saturated carbocycles. The smallest absolute Gasteiger partial charge is 0.341 e. The Bertz CT molecular complexity index is 1140. The van der Waals surface area contributed by atoms with Gasteiger partial charge < -0.3 is 10.1 Å². The lowest BCUT2D eigenvalue weighted by atomic mass is 9.97. The first kappa shape index (κ1) is 21.3. The van der Waals surface area contributed by atoms with Crippen molar-refractivity contribution in [2.24, 2.45) is 0 Å². The lowest BCUT2D eigenvalue weighted by molar-refractivity contribution is -0.117. The van der Waals surface area contributed by atoms with Gasteiger partial charge in [0.1, 0.15) is 10.6 Å². The molecule has 0 atom stereocenters. The highest BCUT2D eigenvalue weighted by Gasteiger charge is 2.24. The zero-order chi connectivity index (χ0) is 22.0. The van der Waals surface area contributed by atoms with Crippen LogP contribution in [0, 0.1) is 13.8 Å². The van der Waals surface area contributed by atoms with Gasteiger partial charge in [0.25, 0.3) is 0 Å². The lowest BCUT2D eigenvalue weighted by Gasteiger charge is -2.28. The Morgan fingerprint density at radius 2 is 1.87 bits per heavy atom. The average molecular weight is 435 g/mol. The van der Waals surface area contributed by atoms with Crippen molar-refractivity contribution in [3.63, 3.8) is 0 Å². The number of aryl methyl sites for hydroxylation is 2. The summed E-state index contributed by atoms with van der Waals surface area (Å²) in [6.45, 7) is 5.91. The predicted molar refractivity (Wildman–Crippen MR) is 125 cm³/mol. The highest BCUT2D eigenvalue weighted by molar-refractivity contribution is 7.15. The summed E-state index contributed by atoms with van der Waals surface area (Å²) < 4.78 is 5.04. The molecule has 0 fully saturated rings. The molecule has 0 unspecified atom stereocenters. The normalized spacial score (nSPS) is 13.5. The zero-order valence-corrected chi connectivity index (χ0v) is 18.8. The number of nitrogens with one attached hydrogen (secondary N) is 1. The van der Waals surface area contributed by atoms with E-state index in [1.165, 1.54) is 29.6 Å². The number of rotatable bonds is 5. The predicted octanol–water partition coefficient (Wildman–Crippen LogP) is 4.82. The van der Waals surface area contributed by atoms with E-state index in [1.807, 2.05) is 37.4 Å². The van der Waals surface area contributed by atoms with Crippen molar-refractivity contribution in [1.82, 2.24) is 4.90 Å². The summed E-state index contributed by atoms with van der Waals surface area (Å²) in [6.07, 6.45) is 0.937. The van der Waals surface area contributed by atoms with Gasteiger partial charge in [-0.1, -0.05) is 48.0 Å². The van der Waals surface area contributed by atoms with Crippen molar-refractivity contribution < 1.29 is 14.3 Å². The van der Waals surface area contributed by atoms with Gasteiger partial charge in [0.05, 0.1) is 13.7 Å². The van der Waals surface area contributed by atoms with Crippen molar-refractivity contribution >= 4 is 28.2 Å². The molecule has 5 nitrogen and oxygen atoms in total. The molecule has 4 rings (SSSR count). The Hall–Kier alpha value is -2.96. The third-order valence-corrected chi connectivity index (χ3v) is 6.59. The molecular weight excluding hydrogens is 408 g/mol. The quantitative estimate of drug-likeness (QED) is 0.585. The number of hydrogen-bond donors (Lipinski definition) is 1. The second-order valence-electron chi connectivity index (χ2n) is 7.94. The minimum Gasteiger partial charge on any atom is -0.465 e. The van der Waals surface area contributed by atoms with Gasteiger partial charge >= 0.3 is 5.97 Å². The molecular formula is C25H26N2O3S. The molecule has 0 aliphatic carbocycles. The van der Waals surface area contributed by atoms with E-state index in [4.69, 9.17) is 4.74 Å². The van der Waals surface area contributed by atoms with E-state index in [0.717, 1.165) is 41.8 Å². The van der Waals surface area contributed by atoms with Crippen molar-refractivity contribution in [2.45, 2.75) is 26.8 Å². The molecule has 2 heterocycles. The largest absolute Gasteiger partial charge is 0.465 e. The fourth-order valence-electron chi connectivity index (χ4n) is 4.04. The molecule has 1 aliphatic rings. The summed E-state index contributed by atoms with van der Waals surface area (Å²) in [6, 6.07) is 14.5. The van der Waals surface area contributed by atoms with Crippen molar-refractivity contribution in [3.05, 3.63) is 75.7 Å². The topological polar surface area (TPSA) is 58.6 Å². The van der Waals surface area contributed by atoms with Gasteiger partial charge in [0.2, 0.25) is 5.91 Å². The van der Waals surface area contributed by atoms with Gasteiger partial charge in [-0.05, 0) is 42.5 Å². The van der Waals surface area contributed by atoms with E-state index >= 15 is 0 Å². The summed E-state index contributed by atoms with van der Waals surface area (Å²) in [7, 11) is 1.36. The van der Waals surface area contributed by atoms with Crippen molar-refractivity contribution in [3.8, 4) is 11.1 Å². The van der Waals surface area contributed by atoms with Crippen LogP contribution in [0.5, 0.6) is 0 Å². The molecule has 3 aromatic rings. The number of thiophene rings is 1. The SMILES string of the molecule is COC(=O)c1c(-c2cc(C)ccc2C)csc1NC(=O)CN1CCc2ccccc2C1. The van der Waals surface area contributed by atoms with E-state index in [1.54, 1.807) is 0 Å². The van der Waals surface area contributed by atoms with Gasteiger partial charge in [-0.25, -0.2) is 4.79 Å². The highest BCUT2D eigenvalue weighted by atomic mass is 32.1. The molecule has 1 N–H and O–H groups in total. The molecule has 0 saturated heterocycles. The molecule has 1 amide bonds. The van der Waals surface area contributed by atoms with Crippen LogP contribution >= 0.6 is 11.3 Å². The van der Waals surface area contributed by atoms with Crippen LogP contribution in [0.25, 0.3) is 11.1 Å². The maximum absolute atomic E-state index is 12.8. The minimum absolute atomic E-state index is 0.126. The van der Waals surface area contributed by atoms with Crippen LogP contribution in [-0.2, 0) is 22.5 Å². The minimum atomic E-state index is -0.445. The summed E-state index contributed by atoms with van der Waals surface area (Å²) in [4.78, 5) is 27.6. The van der Waals surface area contributed by atoms with Crippen LogP contribution < -0.4 is 5.32 Å². The second-order valence-corrected chi connectivity index (χ2v) is 8.82. The molecule has 0 spiro atoms. The number of nitrogens with zero attached hydrogens (tertiary/aromatic N) is 1. The number of esters is 1. The standard InChI is InChI=1S/C25H26N2O3S/c1-16-8-9-17(2)20(12-16)21-15-31-24(23(21)25(29)30-3)26-22(28)14-27-11-10-18-6-4-5-7-19(18)13-27/h4-9,12,15H,10-11,13-14H2,1-3H3,(H,26,28). The molecule has 0 radical (unpaired) electrons. The zero-order valence-electron chi connectivity index (χ0n) is 18.0. The molecule has 2 aromatic carbocycles. The average Bonchev–Trinajstić information content (AvgIpc) is 3.17. The van der Waals surface area contributed by atoms with Crippen LogP contribution in [0.3, 0.4) is 0 Å². The Kier molecular flexibility index (Phi) is 6.20. The number of amides is 1. The van der Waals surface area contributed by atoms with Crippen LogP contribution in [0.15, 0.2) is 47.8 Å². The van der Waals surface area contributed by atoms with Gasteiger partial charge in [0.15, 0.2) is 0 Å². The number of hydrogen-bond acceptors (Lipinski definition) is 5. The summed E-state index contributed by atoms with van der Waals surface area (Å²) in [5, 5.41) is 5.41. The summed E-state index contributed by atoms with van der Waals surface area (Å²) in [5.41, 5.74) is 6.98. The number of ether oxygens (including phenoxy) is 1. The van der Waals surface area contributed by atoms with E-state index < -0.39 is 5.97 Å². The Labute approximate surface area is 186 Å². The monoisotopic (exact) mass is 434 g/mol. The van der Waals surface area contributed by atoms with E-state index in [2.05, 4.69) is 34.5 Å². The molecule has 160 valence electrons. The van der Waals surface area contributed by atoms with Gasteiger partial charge in [-0.2, -0.15) is 0 Å². The number of fused-ring (bicyclic) bond motifs is 1. The number of anilines is 1. The van der Waals surface area contributed by atoms with Crippen LogP contribution in [-0.4, -0.2) is 37.0 Å². The van der Waals surface area contributed by atoms with Crippen LogP contribution in [0.2, 0.25) is 0 Å². The lowest BCUT2D eigenvalue weighted by Crippen LogP contribution is -2.37. The Balaban J connectivity index is 1.54. The molecule has 1 aliphatic heterocycles. The fourth-order valence-corrected chi connectivity index (χ4v) is 5.00. The van der Waals surface area contributed by atoms with Crippen molar-refractivity contribution in [2.75, 3.05) is 25.5 Å². The van der Waals surface area contributed by atoms with Gasteiger partial charge in [-0.15, -0.1) is 11.3 Å². The van der Waals surface area contributed by atoms with E-state index in [0.29, 0.717) is 10.6 Å². The molecule has 6 heteroatoms.